The second kappa shape index (κ2) is 2.63. The maximum atomic E-state index is 3.36. The van der Waals surface area contributed by atoms with E-state index in [9.17, 15) is 0 Å². The fourth-order valence-electron chi connectivity index (χ4n) is 1.38. The molecule has 0 unspecified atom stereocenters. The molecule has 0 aromatic heterocycles. The van der Waals surface area contributed by atoms with E-state index in [2.05, 4.69) is 44.2 Å². The Hall–Kier alpha value is -1.30. The minimum absolute atomic E-state index is 1.21. The van der Waals surface area contributed by atoms with Crippen LogP contribution in [0.5, 0.6) is 0 Å². The number of fused-ring (bicyclic) bond motifs is 1. The lowest BCUT2D eigenvalue weighted by molar-refractivity contribution is 1.36. The van der Waals surface area contributed by atoms with E-state index < -0.39 is 0 Å². The van der Waals surface area contributed by atoms with Crippen LogP contribution < -0.4 is 0 Å². The van der Waals surface area contributed by atoms with E-state index in [1.807, 2.05) is 6.07 Å². The van der Waals surface area contributed by atoms with Crippen molar-refractivity contribution < 1.29 is 0 Å². The Morgan fingerprint density at radius 3 is 2.67 bits per heavy atom. The van der Waals surface area contributed by atoms with Gasteiger partial charge in [-0.1, -0.05) is 30.3 Å². The highest BCUT2D eigenvalue weighted by atomic mass is 14.0. The Kier molecular flexibility index (Phi) is 1.61. The summed E-state index contributed by atoms with van der Waals surface area (Å²) in [6.07, 6.45) is 0. The van der Waals surface area contributed by atoms with E-state index in [4.69, 9.17) is 0 Å². The van der Waals surface area contributed by atoms with Crippen LogP contribution in [0.3, 0.4) is 0 Å². The summed E-state index contributed by atoms with van der Waals surface area (Å²) in [4.78, 5) is 0. The molecule has 0 aliphatic carbocycles. The SMILES string of the molecule is Cc1[c]c2ccccc2cc1C. The molecule has 0 heterocycles. The molecule has 1 radical (unpaired) electrons. The predicted molar refractivity (Wildman–Crippen MR) is 52.3 cm³/mol. The topological polar surface area (TPSA) is 0 Å². The van der Waals surface area contributed by atoms with E-state index in [1.54, 1.807) is 0 Å². The average Bonchev–Trinajstić information content (AvgIpc) is 2.07. The summed E-state index contributed by atoms with van der Waals surface area (Å²) in [6, 6.07) is 13.9. The standard InChI is InChI=1S/C12H11/c1-9-7-11-5-3-4-6-12(11)8-10(9)2/h3-7H,1-2H3. The molecule has 0 N–H and O–H groups in total. The number of benzene rings is 2. The van der Waals surface area contributed by atoms with Crippen molar-refractivity contribution in [2.75, 3.05) is 0 Å². The third-order valence-corrected chi connectivity index (χ3v) is 2.25. The highest BCUT2D eigenvalue weighted by Crippen LogP contribution is 2.17. The molecule has 0 aliphatic heterocycles. The molecule has 0 aliphatic rings. The quantitative estimate of drug-likeness (QED) is 0.547. The highest BCUT2D eigenvalue weighted by Gasteiger charge is 1.95. The van der Waals surface area contributed by atoms with E-state index in [-0.39, 0.29) is 0 Å². The van der Waals surface area contributed by atoms with Gasteiger partial charge in [0.25, 0.3) is 0 Å². The molecular formula is C12H11. The molecular weight excluding hydrogens is 144 g/mol. The summed E-state index contributed by atoms with van der Waals surface area (Å²) in [6.45, 7) is 4.22. The van der Waals surface area contributed by atoms with Gasteiger partial charge in [-0.3, -0.25) is 0 Å². The van der Waals surface area contributed by atoms with Crippen LogP contribution in [0.1, 0.15) is 11.1 Å². The van der Waals surface area contributed by atoms with Gasteiger partial charge in [-0.05, 0) is 41.8 Å². The molecule has 0 spiro atoms. The van der Waals surface area contributed by atoms with Gasteiger partial charge in [0.1, 0.15) is 0 Å². The summed E-state index contributed by atoms with van der Waals surface area (Å²) in [7, 11) is 0. The molecule has 0 fully saturated rings. The van der Waals surface area contributed by atoms with E-state index >= 15 is 0 Å². The zero-order chi connectivity index (χ0) is 8.55. The maximum Gasteiger partial charge on any atom is -0.00645 e. The molecule has 59 valence electrons. The van der Waals surface area contributed by atoms with Gasteiger partial charge >= 0.3 is 0 Å². The fourth-order valence-corrected chi connectivity index (χ4v) is 1.38. The van der Waals surface area contributed by atoms with Crippen molar-refractivity contribution in [3.63, 3.8) is 0 Å². The van der Waals surface area contributed by atoms with E-state index in [1.165, 1.54) is 21.9 Å². The lowest BCUT2D eigenvalue weighted by atomic mass is 10.0. The van der Waals surface area contributed by atoms with Crippen molar-refractivity contribution in [2.45, 2.75) is 13.8 Å². The fraction of sp³-hybridized carbons (Fsp3) is 0.167. The normalized spacial score (nSPS) is 10.5. The van der Waals surface area contributed by atoms with Gasteiger partial charge in [0.05, 0.1) is 0 Å². The summed E-state index contributed by atoms with van der Waals surface area (Å²) in [5, 5.41) is 2.49. The molecule has 0 nitrogen and oxygen atoms in total. The monoisotopic (exact) mass is 155 g/mol. The van der Waals surface area contributed by atoms with Crippen LogP contribution >= 0.6 is 0 Å². The van der Waals surface area contributed by atoms with Crippen LogP contribution in [0.4, 0.5) is 0 Å². The second-order valence-electron chi connectivity index (χ2n) is 3.16. The molecule has 0 saturated heterocycles. The number of hydrogen-bond acceptors (Lipinski definition) is 0. The maximum absolute atomic E-state index is 3.36. The molecule has 2 rings (SSSR count). The lowest BCUT2D eigenvalue weighted by Gasteiger charge is -2.01. The first-order valence-corrected chi connectivity index (χ1v) is 4.15. The van der Waals surface area contributed by atoms with Gasteiger partial charge < -0.3 is 0 Å². The summed E-state index contributed by atoms with van der Waals surface area (Å²) in [5.74, 6) is 0. The number of rotatable bonds is 0. The van der Waals surface area contributed by atoms with Crippen molar-refractivity contribution in [1.29, 1.82) is 0 Å². The van der Waals surface area contributed by atoms with Crippen molar-refractivity contribution in [3.05, 3.63) is 47.5 Å². The van der Waals surface area contributed by atoms with Crippen LogP contribution in [0.2, 0.25) is 0 Å². The van der Waals surface area contributed by atoms with Crippen LogP contribution in [0.25, 0.3) is 10.8 Å². The van der Waals surface area contributed by atoms with E-state index in [0.29, 0.717) is 0 Å². The summed E-state index contributed by atoms with van der Waals surface area (Å²) < 4.78 is 0. The Morgan fingerprint density at radius 2 is 1.83 bits per heavy atom. The molecule has 0 atom stereocenters. The first-order chi connectivity index (χ1) is 5.77. The zero-order valence-corrected chi connectivity index (χ0v) is 7.39. The first kappa shape index (κ1) is 7.35. The number of hydrogen-bond donors (Lipinski definition) is 0. The summed E-state index contributed by atoms with van der Waals surface area (Å²) >= 11 is 0. The van der Waals surface area contributed by atoms with Crippen molar-refractivity contribution in [3.8, 4) is 0 Å². The molecule has 0 saturated carbocycles. The van der Waals surface area contributed by atoms with Gasteiger partial charge in [0, 0.05) is 0 Å². The minimum Gasteiger partial charge on any atom is -0.0616 e. The Labute approximate surface area is 72.8 Å². The minimum atomic E-state index is 1.21. The molecule has 0 amide bonds. The van der Waals surface area contributed by atoms with Crippen molar-refractivity contribution in [2.24, 2.45) is 0 Å². The van der Waals surface area contributed by atoms with Crippen LogP contribution in [-0.2, 0) is 0 Å². The van der Waals surface area contributed by atoms with Gasteiger partial charge in [-0.15, -0.1) is 0 Å². The van der Waals surface area contributed by atoms with Crippen LogP contribution in [0.15, 0.2) is 30.3 Å². The second-order valence-corrected chi connectivity index (χ2v) is 3.16. The van der Waals surface area contributed by atoms with Crippen LogP contribution in [-0.4, -0.2) is 0 Å². The Balaban J connectivity index is 2.84. The van der Waals surface area contributed by atoms with Crippen LogP contribution in [0, 0.1) is 19.9 Å². The first-order valence-electron chi connectivity index (χ1n) is 4.15. The summed E-state index contributed by atoms with van der Waals surface area (Å²) in [5.41, 5.74) is 2.56. The van der Waals surface area contributed by atoms with Gasteiger partial charge in [-0.25, -0.2) is 0 Å². The average molecular weight is 155 g/mol. The predicted octanol–water partition coefficient (Wildman–Crippen LogP) is 3.26. The lowest BCUT2D eigenvalue weighted by Crippen LogP contribution is -1.81. The third kappa shape index (κ3) is 1.10. The number of aryl methyl sites for hydroxylation is 2. The zero-order valence-electron chi connectivity index (χ0n) is 7.39. The van der Waals surface area contributed by atoms with Gasteiger partial charge in [0.2, 0.25) is 0 Å². The van der Waals surface area contributed by atoms with Crippen molar-refractivity contribution in [1.82, 2.24) is 0 Å². The van der Waals surface area contributed by atoms with Crippen molar-refractivity contribution >= 4 is 10.8 Å². The largest absolute Gasteiger partial charge is 0.0616 e. The van der Waals surface area contributed by atoms with E-state index in [0.717, 1.165) is 0 Å². The molecule has 0 bridgehead atoms. The molecule has 0 heteroatoms. The molecule has 2 aromatic rings. The smallest absolute Gasteiger partial charge is 0.00645 e. The Bertz CT molecular complexity index is 373. The van der Waals surface area contributed by atoms with Gasteiger partial charge in [0.15, 0.2) is 0 Å². The Morgan fingerprint density at radius 1 is 1.08 bits per heavy atom. The van der Waals surface area contributed by atoms with Gasteiger partial charge in [-0.2, -0.15) is 0 Å². The highest BCUT2D eigenvalue weighted by molar-refractivity contribution is 5.83. The molecule has 12 heavy (non-hydrogen) atoms. The third-order valence-electron chi connectivity index (χ3n) is 2.25. The molecule has 2 aromatic carbocycles.